The molecule has 0 aliphatic rings. The second-order valence-corrected chi connectivity index (χ2v) is 7.62. The summed E-state index contributed by atoms with van der Waals surface area (Å²) in [5.74, 6) is 0. The van der Waals surface area contributed by atoms with Crippen LogP contribution in [0.5, 0.6) is 0 Å². The second-order valence-electron chi connectivity index (χ2n) is 4.88. The van der Waals surface area contributed by atoms with Gasteiger partial charge in [0.15, 0.2) is 0 Å². The van der Waals surface area contributed by atoms with E-state index in [1.54, 1.807) is 0 Å². The van der Waals surface area contributed by atoms with Crippen molar-refractivity contribution in [3.63, 3.8) is 0 Å². The molecule has 2 aromatic carbocycles. The van der Waals surface area contributed by atoms with E-state index in [2.05, 4.69) is 98.9 Å². The van der Waals surface area contributed by atoms with Crippen LogP contribution in [0.25, 0.3) is 0 Å². The molecule has 0 aromatic heterocycles. The first-order valence-corrected chi connectivity index (χ1v) is 8.56. The van der Waals surface area contributed by atoms with Gasteiger partial charge in [-0.05, 0) is 61.2 Å². The van der Waals surface area contributed by atoms with Crippen LogP contribution in [0.2, 0.25) is 0 Å². The molecule has 0 aliphatic heterocycles. The third kappa shape index (κ3) is 3.50. The molecule has 0 aliphatic carbocycles. The molecule has 19 heavy (non-hydrogen) atoms. The van der Waals surface area contributed by atoms with Crippen molar-refractivity contribution in [3.05, 3.63) is 67.1 Å². The van der Waals surface area contributed by atoms with Crippen molar-refractivity contribution in [2.45, 2.75) is 25.6 Å². The molecule has 0 saturated heterocycles. The van der Waals surface area contributed by atoms with E-state index in [-0.39, 0.29) is 4.83 Å². The first-order valence-electron chi connectivity index (χ1n) is 6.06. The van der Waals surface area contributed by atoms with Crippen molar-refractivity contribution in [1.29, 1.82) is 0 Å². The van der Waals surface area contributed by atoms with Gasteiger partial charge in [-0.25, -0.2) is 0 Å². The van der Waals surface area contributed by atoms with E-state index < -0.39 is 0 Å². The molecule has 0 amide bonds. The number of alkyl halides is 1. The van der Waals surface area contributed by atoms with Gasteiger partial charge in [0.1, 0.15) is 0 Å². The Hall–Kier alpha value is -0.120. The highest BCUT2D eigenvalue weighted by molar-refractivity contribution is 9.11. The molecule has 0 heterocycles. The van der Waals surface area contributed by atoms with Crippen LogP contribution in [0.1, 0.15) is 32.6 Å². The molecule has 1 atom stereocenters. The van der Waals surface area contributed by atoms with Crippen molar-refractivity contribution < 1.29 is 0 Å². The first kappa shape index (κ1) is 15.3. The Kier molecular flexibility index (Phi) is 4.91. The van der Waals surface area contributed by atoms with E-state index in [1.807, 2.05) is 0 Å². The summed E-state index contributed by atoms with van der Waals surface area (Å²) in [6, 6.07) is 10.8. The third-order valence-electron chi connectivity index (χ3n) is 3.17. The number of hydrogen-bond acceptors (Lipinski definition) is 0. The van der Waals surface area contributed by atoms with E-state index in [9.17, 15) is 0 Å². The Labute approximate surface area is 140 Å². The van der Waals surface area contributed by atoms with E-state index in [1.165, 1.54) is 27.8 Å². The molecular formula is C16H15Br3. The molecular weight excluding hydrogens is 432 g/mol. The molecule has 100 valence electrons. The summed E-state index contributed by atoms with van der Waals surface area (Å²) in [7, 11) is 0. The van der Waals surface area contributed by atoms with Gasteiger partial charge in [0.25, 0.3) is 0 Å². The summed E-state index contributed by atoms with van der Waals surface area (Å²) in [5, 5.41) is 0. The van der Waals surface area contributed by atoms with Crippen molar-refractivity contribution in [2.24, 2.45) is 0 Å². The normalized spacial score (nSPS) is 12.5. The highest BCUT2D eigenvalue weighted by Gasteiger charge is 2.16. The lowest BCUT2D eigenvalue weighted by atomic mass is 9.94. The maximum Gasteiger partial charge on any atom is 0.0650 e. The monoisotopic (exact) mass is 444 g/mol. The molecule has 0 bridgehead atoms. The summed E-state index contributed by atoms with van der Waals surface area (Å²) >= 11 is 11.0. The fraction of sp³-hybridized carbons (Fsp3) is 0.250. The fourth-order valence-electron chi connectivity index (χ4n) is 2.48. The van der Waals surface area contributed by atoms with Crippen LogP contribution in [0.3, 0.4) is 0 Å². The van der Waals surface area contributed by atoms with Crippen LogP contribution < -0.4 is 0 Å². The zero-order valence-corrected chi connectivity index (χ0v) is 15.9. The molecule has 1 unspecified atom stereocenters. The minimum absolute atomic E-state index is 0.210. The van der Waals surface area contributed by atoms with E-state index in [4.69, 9.17) is 0 Å². The predicted octanol–water partition coefficient (Wildman–Crippen LogP) is 6.62. The van der Waals surface area contributed by atoms with Crippen LogP contribution in [0.4, 0.5) is 0 Å². The highest BCUT2D eigenvalue weighted by atomic mass is 79.9. The van der Waals surface area contributed by atoms with Gasteiger partial charge in [-0.15, -0.1) is 0 Å². The first-order chi connectivity index (χ1) is 8.88. The Balaban J connectivity index is 2.52. The molecule has 2 rings (SSSR count). The molecule has 0 spiro atoms. The Bertz CT molecular complexity index is 574. The number of rotatable bonds is 2. The fourth-order valence-corrected chi connectivity index (χ4v) is 4.79. The van der Waals surface area contributed by atoms with Crippen LogP contribution in [0, 0.1) is 20.8 Å². The maximum absolute atomic E-state index is 3.85. The summed E-state index contributed by atoms with van der Waals surface area (Å²) in [6.07, 6.45) is 0. The minimum atomic E-state index is 0.210. The largest absolute Gasteiger partial charge is 0.0786 e. The number of benzene rings is 2. The topological polar surface area (TPSA) is 0 Å². The zero-order valence-electron chi connectivity index (χ0n) is 11.1. The van der Waals surface area contributed by atoms with Crippen molar-refractivity contribution in [2.75, 3.05) is 0 Å². The molecule has 0 N–H and O–H groups in total. The van der Waals surface area contributed by atoms with Crippen molar-refractivity contribution in [3.8, 4) is 0 Å². The Morgan fingerprint density at radius 3 is 1.74 bits per heavy atom. The molecule has 0 nitrogen and oxygen atoms in total. The van der Waals surface area contributed by atoms with Crippen molar-refractivity contribution in [1.82, 2.24) is 0 Å². The summed E-state index contributed by atoms with van der Waals surface area (Å²) in [5.41, 5.74) is 6.58. The Morgan fingerprint density at radius 1 is 0.789 bits per heavy atom. The molecule has 3 heteroatoms. The molecule has 0 fully saturated rings. The summed E-state index contributed by atoms with van der Waals surface area (Å²) in [6.45, 7) is 6.50. The van der Waals surface area contributed by atoms with Gasteiger partial charge in [0, 0.05) is 8.95 Å². The van der Waals surface area contributed by atoms with Crippen LogP contribution >= 0.6 is 47.8 Å². The van der Waals surface area contributed by atoms with E-state index >= 15 is 0 Å². The summed E-state index contributed by atoms with van der Waals surface area (Å²) in [4.78, 5) is 0.210. The van der Waals surface area contributed by atoms with E-state index in [0.29, 0.717) is 0 Å². The quantitative estimate of drug-likeness (QED) is 0.454. The van der Waals surface area contributed by atoms with Gasteiger partial charge in [-0.2, -0.15) is 0 Å². The highest BCUT2D eigenvalue weighted by Crippen LogP contribution is 2.37. The predicted molar refractivity (Wildman–Crippen MR) is 93.3 cm³/mol. The third-order valence-corrected chi connectivity index (χ3v) is 5.07. The SMILES string of the molecule is Cc1cc(C)c(C(Br)c2cc(Br)cc(Br)c2)c(C)c1. The minimum Gasteiger partial charge on any atom is -0.0786 e. The lowest BCUT2D eigenvalue weighted by molar-refractivity contribution is 1.10. The average Bonchev–Trinajstić information content (AvgIpc) is 2.25. The number of aryl methyl sites for hydroxylation is 3. The average molecular weight is 447 g/mol. The zero-order chi connectivity index (χ0) is 14.2. The number of hydrogen-bond donors (Lipinski definition) is 0. The van der Waals surface area contributed by atoms with Gasteiger partial charge in [-0.3, -0.25) is 0 Å². The summed E-state index contributed by atoms with van der Waals surface area (Å²) < 4.78 is 2.17. The lowest BCUT2D eigenvalue weighted by Gasteiger charge is -2.18. The smallest absolute Gasteiger partial charge is 0.0650 e. The Morgan fingerprint density at radius 2 is 1.26 bits per heavy atom. The molecule has 0 saturated carbocycles. The van der Waals surface area contributed by atoms with Crippen LogP contribution in [-0.2, 0) is 0 Å². The standard InChI is InChI=1S/C16H15Br3/c1-9-4-10(2)15(11(3)5-9)16(19)12-6-13(17)8-14(18)7-12/h4-8,16H,1-3H3. The van der Waals surface area contributed by atoms with Crippen LogP contribution in [-0.4, -0.2) is 0 Å². The lowest BCUT2D eigenvalue weighted by Crippen LogP contribution is -2.00. The van der Waals surface area contributed by atoms with E-state index in [0.717, 1.165) is 8.95 Å². The number of halogens is 3. The van der Waals surface area contributed by atoms with Crippen molar-refractivity contribution >= 4 is 47.8 Å². The molecule has 0 radical (unpaired) electrons. The van der Waals surface area contributed by atoms with Gasteiger partial charge in [0.05, 0.1) is 4.83 Å². The van der Waals surface area contributed by atoms with Gasteiger partial charge >= 0.3 is 0 Å². The van der Waals surface area contributed by atoms with Gasteiger partial charge in [-0.1, -0.05) is 65.5 Å². The maximum atomic E-state index is 3.85. The second kappa shape index (κ2) is 6.11. The van der Waals surface area contributed by atoms with Gasteiger partial charge in [0.2, 0.25) is 0 Å². The van der Waals surface area contributed by atoms with Crippen LogP contribution in [0.15, 0.2) is 39.3 Å². The van der Waals surface area contributed by atoms with Gasteiger partial charge < -0.3 is 0 Å². The molecule has 2 aromatic rings.